The molecule has 104 valence electrons. The van der Waals surface area contributed by atoms with Gasteiger partial charge in [-0.05, 0) is 31.0 Å². The summed E-state index contributed by atoms with van der Waals surface area (Å²) in [7, 11) is 0. The normalized spacial score (nSPS) is 11.8. The molecule has 0 saturated carbocycles. The third kappa shape index (κ3) is 4.39. The summed E-state index contributed by atoms with van der Waals surface area (Å²) in [6.45, 7) is 2.00. The van der Waals surface area contributed by atoms with E-state index < -0.39 is 0 Å². The third-order valence-corrected chi connectivity index (χ3v) is 2.98. The van der Waals surface area contributed by atoms with Crippen molar-refractivity contribution in [2.45, 2.75) is 25.8 Å². The second-order valence-electron chi connectivity index (χ2n) is 4.92. The lowest BCUT2D eigenvalue weighted by Crippen LogP contribution is -2.35. The highest BCUT2D eigenvalue weighted by Gasteiger charge is 2.09. The lowest BCUT2D eigenvalue weighted by molar-refractivity contribution is -0.121. The number of carbonyl (C=O) groups is 1. The highest BCUT2D eigenvalue weighted by Crippen LogP contribution is 2.04. The van der Waals surface area contributed by atoms with Gasteiger partial charge in [0.2, 0.25) is 5.91 Å². The zero-order valence-electron chi connectivity index (χ0n) is 11.5. The Morgan fingerprint density at radius 3 is 2.65 bits per heavy atom. The van der Waals surface area contributed by atoms with Crippen LogP contribution < -0.4 is 11.1 Å². The van der Waals surface area contributed by atoms with Crippen molar-refractivity contribution in [3.8, 4) is 0 Å². The van der Waals surface area contributed by atoms with Gasteiger partial charge < -0.3 is 11.1 Å². The van der Waals surface area contributed by atoms with Crippen molar-refractivity contribution >= 4 is 11.6 Å². The van der Waals surface area contributed by atoms with E-state index in [-0.39, 0.29) is 18.4 Å². The first-order chi connectivity index (χ1) is 9.63. The van der Waals surface area contributed by atoms with Gasteiger partial charge >= 0.3 is 0 Å². The van der Waals surface area contributed by atoms with Crippen molar-refractivity contribution in [1.29, 1.82) is 0 Å². The molecule has 1 unspecified atom stereocenters. The molecule has 0 saturated heterocycles. The van der Waals surface area contributed by atoms with Gasteiger partial charge in [-0.1, -0.05) is 30.3 Å². The molecule has 1 atom stereocenters. The fraction of sp³-hybridized carbons (Fsp3) is 0.250. The van der Waals surface area contributed by atoms with E-state index in [2.05, 4.69) is 22.4 Å². The first-order valence-electron chi connectivity index (χ1n) is 6.67. The Morgan fingerprint density at radius 1 is 1.25 bits per heavy atom. The number of pyridine rings is 1. The van der Waals surface area contributed by atoms with Crippen LogP contribution in [-0.4, -0.2) is 16.9 Å². The SMILES string of the molecule is CC(Cc1ccccc1)NC(=O)Cc1ccc(N)cn1. The number of aromatic nitrogens is 1. The summed E-state index contributed by atoms with van der Waals surface area (Å²) in [5.41, 5.74) is 8.10. The second kappa shape index (κ2) is 6.70. The molecule has 0 fully saturated rings. The van der Waals surface area contributed by atoms with Crippen LogP contribution >= 0.6 is 0 Å². The maximum atomic E-state index is 11.9. The molecule has 20 heavy (non-hydrogen) atoms. The maximum absolute atomic E-state index is 11.9. The zero-order valence-corrected chi connectivity index (χ0v) is 11.5. The van der Waals surface area contributed by atoms with Crippen LogP contribution in [0.3, 0.4) is 0 Å². The Hall–Kier alpha value is -2.36. The molecule has 1 aromatic carbocycles. The van der Waals surface area contributed by atoms with Gasteiger partial charge in [-0.3, -0.25) is 9.78 Å². The molecule has 1 amide bonds. The predicted octanol–water partition coefficient (Wildman–Crippen LogP) is 1.95. The topological polar surface area (TPSA) is 68.0 Å². The first kappa shape index (κ1) is 14.1. The molecule has 0 aliphatic heterocycles. The van der Waals surface area contributed by atoms with Crippen molar-refractivity contribution in [2.24, 2.45) is 0 Å². The van der Waals surface area contributed by atoms with Crippen LogP contribution in [0.25, 0.3) is 0 Å². The van der Waals surface area contributed by atoms with Crippen molar-refractivity contribution in [2.75, 3.05) is 5.73 Å². The Morgan fingerprint density at radius 2 is 2.00 bits per heavy atom. The van der Waals surface area contributed by atoms with Crippen molar-refractivity contribution in [3.05, 3.63) is 59.9 Å². The minimum absolute atomic E-state index is 0.0225. The molecular weight excluding hydrogens is 250 g/mol. The number of anilines is 1. The van der Waals surface area contributed by atoms with Crippen LogP contribution in [-0.2, 0) is 17.6 Å². The number of amides is 1. The number of carbonyl (C=O) groups excluding carboxylic acids is 1. The number of hydrogen-bond donors (Lipinski definition) is 2. The predicted molar refractivity (Wildman–Crippen MR) is 80.1 cm³/mol. The maximum Gasteiger partial charge on any atom is 0.226 e. The van der Waals surface area contributed by atoms with Gasteiger partial charge in [-0.2, -0.15) is 0 Å². The van der Waals surface area contributed by atoms with E-state index in [4.69, 9.17) is 5.73 Å². The minimum atomic E-state index is -0.0225. The van der Waals surface area contributed by atoms with E-state index in [1.54, 1.807) is 18.3 Å². The molecule has 1 aromatic heterocycles. The lowest BCUT2D eigenvalue weighted by atomic mass is 10.1. The molecule has 0 aliphatic rings. The van der Waals surface area contributed by atoms with E-state index in [9.17, 15) is 4.79 Å². The largest absolute Gasteiger partial charge is 0.397 e. The highest BCUT2D eigenvalue weighted by molar-refractivity contribution is 5.78. The number of rotatable bonds is 5. The molecule has 1 heterocycles. The smallest absolute Gasteiger partial charge is 0.226 e. The van der Waals surface area contributed by atoms with Gasteiger partial charge in [0.25, 0.3) is 0 Å². The van der Waals surface area contributed by atoms with E-state index in [1.807, 2.05) is 25.1 Å². The van der Waals surface area contributed by atoms with Gasteiger partial charge in [0.15, 0.2) is 0 Å². The minimum Gasteiger partial charge on any atom is -0.397 e. The molecule has 0 aliphatic carbocycles. The molecule has 2 rings (SSSR count). The number of nitrogen functional groups attached to an aromatic ring is 1. The summed E-state index contributed by atoms with van der Waals surface area (Å²) in [5, 5.41) is 2.98. The van der Waals surface area contributed by atoms with Crippen molar-refractivity contribution < 1.29 is 4.79 Å². The Kier molecular flexibility index (Phi) is 4.71. The summed E-state index contributed by atoms with van der Waals surface area (Å²) in [4.78, 5) is 16.0. The lowest BCUT2D eigenvalue weighted by Gasteiger charge is -2.13. The molecule has 0 radical (unpaired) electrons. The van der Waals surface area contributed by atoms with Crippen LogP contribution in [0.2, 0.25) is 0 Å². The number of nitrogens with two attached hydrogens (primary N) is 1. The number of hydrogen-bond acceptors (Lipinski definition) is 3. The fourth-order valence-electron chi connectivity index (χ4n) is 2.05. The average Bonchev–Trinajstić information content (AvgIpc) is 2.42. The standard InChI is InChI=1S/C16H19N3O/c1-12(9-13-5-3-2-4-6-13)19-16(20)10-15-8-7-14(17)11-18-15/h2-8,11-12H,9-10,17H2,1H3,(H,19,20). The molecule has 4 heteroatoms. The summed E-state index contributed by atoms with van der Waals surface area (Å²) >= 11 is 0. The van der Waals surface area contributed by atoms with Crippen LogP contribution in [0, 0.1) is 0 Å². The van der Waals surface area contributed by atoms with E-state index >= 15 is 0 Å². The van der Waals surface area contributed by atoms with Crippen LogP contribution in [0.5, 0.6) is 0 Å². The molecule has 0 bridgehead atoms. The summed E-state index contributed by atoms with van der Waals surface area (Å²) < 4.78 is 0. The van der Waals surface area contributed by atoms with Crippen LogP contribution in [0.1, 0.15) is 18.2 Å². The van der Waals surface area contributed by atoms with Crippen LogP contribution in [0.4, 0.5) is 5.69 Å². The van der Waals surface area contributed by atoms with Crippen molar-refractivity contribution in [3.63, 3.8) is 0 Å². The van der Waals surface area contributed by atoms with Gasteiger partial charge in [-0.15, -0.1) is 0 Å². The second-order valence-corrected chi connectivity index (χ2v) is 4.92. The average molecular weight is 269 g/mol. The summed E-state index contributed by atoms with van der Waals surface area (Å²) in [6.07, 6.45) is 2.66. The van der Waals surface area contributed by atoms with E-state index in [1.165, 1.54) is 5.56 Å². The third-order valence-electron chi connectivity index (χ3n) is 2.98. The number of nitrogens with one attached hydrogen (secondary N) is 1. The molecule has 0 spiro atoms. The number of benzene rings is 1. The molecular formula is C16H19N3O. The number of nitrogens with zero attached hydrogens (tertiary/aromatic N) is 1. The molecule has 4 nitrogen and oxygen atoms in total. The Bertz CT molecular complexity index is 552. The van der Waals surface area contributed by atoms with E-state index in [0.717, 1.165) is 12.1 Å². The first-order valence-corrected chi connectivity index (χ1v) is 6.67. The molecule has 2 aromatic rings. The summed E-state index contributed by atoms with van der Waals surface area (Å²) in [5.74, 6) is -0.0225. The zero-order chi connectivity index (χ0) is 14.4. The monoisotopic (exact) mass is 269 g/mol. The Labute approximate surface area is 119 Å². The van der Waals surface area contributed by atoms with Gasteiger partial charge in [-0.25, -0.2) is 0 Å². The highest BCUT2D eigenvalue weighted by atomic mass is 16.1. The van der Waals surface area contributed by atoms with Gasteiger partial charge in [0.05, 0.1) is 18.3 Å². The van der Waals surface area contributed by atoms with Gasteiger partial charge in [0.1, 0.15) is 0 Å². The van der Waals surface area contributed by atoms with Gasteiger partial charge in [0, 0.05) is 11.7 Å². The van der Waals surface area contributed by atoms with E-state index in [0.29, 0.717) is 5.69 Å². The Balaban J connectivity index is 1.83. The fourth-order valence-corrected chi connectivity index (χ4v) is 2.05. The summed E-state index contributed by atoms with van der Waals surface area (Å²) in [6, 6.07) is 13.7. The van der Waals surface area contributed by atoms with Crippen molar-refractivity contribution in [1.82, 2.24) is 10.3 Å². The quantitative estimate of drug-likeness (QED) is 0.871. The molecule has 3 N–H and O–H groups in total. The van der Waals surface area contributed by atoms with Crippen LogP contribution in [0.15, 0.2) is 48.7 Å².